The Morgan fingerprint density at radius 3 is 2.47 bits per heavy atom. The third kappa shape index (κ3) is 6.48. The van der Waals surface area contributed by atoms with Gasteiger partial charge in [-0.2, -0.15) is 0 Å². The molecule has 1 N–H and O–H groups in total. The van der Waals surface area contributed by atoms with E-state index in [4.69, 9.17) is 4.74 Å². The number of unbranched alkanes of at least 4 members (excludes halogenated alkanes) is 1. The summed E-state index contributed by atoms with van der Waals surface area (Å²) in [6, 6.07) is 20.1. The molecule has 0 unspecified atom stereocenters. The van der Waals surface area contributed by atoms with Gasteiger partial charge in [-0.3, -0.25) is 9.52 Å². The van der Waals surface area contributed by atoms with Gasteiger partial charge >= 0.3 is 0 Å². The quantitative estimate of drug-likeness (QED) is 0.392. The van der Waals surface area contributed by atoms with Crippen LogP contribution in [0.5, 0.6) is 5.75 Å². The summed E-state index contributed by atoms with van der Waals surface area (Å²) in [6.07, 6.45) is 3.98. The highest BCUT2D eigenvalue weighted by Crippen LogP contribution is 2.29. The van der Waals surface area contributed by atoms with Gasteiger partial charge in [0.1, 0.15) is 5.75 Å². The molecular formula is C30H37N3O4S. The number of carbonyl (C=O) groups excluding carboxylic acids is 1. The molecule has 1 aliphatic rings. The lowest BCUT2D eigenvalue weighted by Gasteiger charge is -2.25. The molecule has 0 bridgehead atoms. The Hall–Kier alpha value is -3.52. The van der Waals surface area contributed by atoms with Gasteiger partial charge < -0.3 is 14.5 Å². The number of sulfonamides is 1. The first-order valence-corrected chi connectivity index (χ1v) is 14.7. The molecule has 0 spiro atoms. The van der Waals surface area contributed by atoms with Crippen molar-refractivity contribution >= 4 is 27.3 Å². The molecule has 4 rings (SSSR count). The number of hydrogen-bond acceptors (Lipinski definition) is 5. The van der Waals surface area contributed by atoms with Crippen LogP contribution >= 0.6 is 0 Å². The Bertz CT molecular complexity index is 1360. The van der Waals surface area contributed by atoms with E-state index in [1.54, 1.807) is 31.4 Å². The number of carbonyl (C=O) groups is 1. The van der Waals surface area contributed by atoms with Crippen LogP contribution in [0.4, 0.5) is 11.4 Å². The molecule has 0 aliphatic carbocycles. The molecule has 0 atom stereocenters. The van der Waals surface area contributed by atoms with Crippen molar-refractivity contribution in [3.05, 3.63) is 83.4 Å². The second-order valence-corrected chi connectivity index (χ2v) is 11.4. The van der Waals surface area contributed by atoms with E-state index in [1.807, 2.05) is 48.2 Å². The first kappa shape index (κ1) is 27.5. The molecule has 1 aliphatic heterocycles. The van der Waals surface area contributed by atoms with Crippen molar-refractivity contribution in [2.75, 3.05) is 42.9 Å². The van der Waals surface area contributed by atoms with Crippen LogP contribution in [0.1, 0.15) is 47.7 Å². The van der Waals surface area contributed by atoms with E-state index in [-0.39, 0.29) is 10.8 Å². The maximum atomic E-state index is 13.6. The molecule has 38 heavy (non-hydrogen) atoms. The zero-order chi connectivity index (χ0) is 27.1. The van der Waals surface area contributed by atoms with Crippen LogP contribution in [0.15, 0.2) is 71.6 Å². The van der Waals surface area contributed by atoms with Crippen molar-refractivity contribution in [2.45, 2.75) is 44.4 Å². The molecule has 1 saturated heterocycles. The predicted octanol–water partition coefficient (Wildman–Crippen LogP) is 5.50. The molecule has 8 heteroatoms. The van der Waals surface area contributed by atoms with E-state index < -0.39 is 10.0 Å². The smallest absolute Gasteiger partial charge is 0.261 e. The second kappa shape index (κ2) is 12.3. The number of rotatable bonds is 9. The van der Waals surface area contributed by atoms with Gasteiger partial charge in [0, 0.05) is 37.4 Å². The lowest BCUT2D eigenvalue weighted by Crippen LogP contribution is -2.35. The third-order valence-electron chi connectivity index (χ3n) is 6.98. The van der Waals surface area contributed by atoms with Crippen LogP contribution < -0.4 is 14.4 Å². The number of para-hydroxylation sites is 2. The Kier molecular flexibility index (Phi) is 8.94. The van der Waals surface area contributed by atoms with E-state index in [2.05, 4.69) is 16.5 Å². The highest BCUT2D eigenvalue weighted by Gasteiger charge is 2.25. The summed E-state index contributed by atoms with van der Waals surface area (Å²) < 4.78 is 34.5. The zero-order valence-corrected chi connectivity index (χ0v) is 23.3. The molecule has 7 nitrogen and oxygen atoms in total. The first-order chi connectivity index (χ1) is 18.3. The van der Waals surface area contributed by atoms with Gasteiger partial charge in [0.25, 0.3) is 15.9 Å². The molecular weight excluding hydrogens is 498 g/mol. The minimum absolute atomic E-state index is 0.0759. The number of methoxy groups -OCH3 is 1. The maximum absolute atomic E-state index is 13.6. The summed E-state index contributed by atoms with van der Waals surface area (Å²) in [6.45, 7) is 6.59. The number of ether oxygens (including phenoxy) is 1. The lowest BCUT2D eigenvalue weighted by atomic mass is 10.1. The number of nitrogens with one attached hydrogen (secondary N) is 1. The summed E-state index contributed by atoms with van der Waals surface area (Å²) in [5.74, 6) is 0.658. The number of anilines is 2. The fraction of sp³-hybridized carbons (Fsp3) is 0.367. The largest absolute Gasteiger partial charge is 0.495 e. The van der Waals surface area contributed by atoms with Gasteiger partial charge in [-0.25, -0.2) is 8.42 Å². The van der Waals surface area contributed by atoms with E-state index >= 15 is 0 Å². The van der Waals surface area contributed by atoms with Gasteiger partial charge in [-0.05, 0) is 73.7 Å². The number of hydrogen-bond donors (Lipinski definition) is 1. The number of aryl methyl sites for hydroxylation is 2. The minimum atomic E-state index is -3.85. The van der Waals surface area contributed by atoms with Crippen molar-refractivity contribution in [2.24, 2.45) is 0 Å². The third-order valence-corrected chi connectivity index (χ3v) is 8.36. The second-order valence-electron chi connectivity index (χ2n) is 9.69. The first-order valence-electron chi connectivity index (χ1n) is 13.2. The highest BCUT2D eigenvalue weighted by molar-refractivity contribution is 7.92. The summed E-state index contributed by atoms with van der Waals surface area (Å²) in [4.78, 5) is 17.7. The van der Waals surface area contributed by atoms with Gasteiger partial charge in [-0.1, -0.05) is 43.7 Å². The van der Waals surface area contributed by atoms with Crippen LogP contribution in [0.2, 0.25) is 0 Å². The van der Waals surface area contributed by atoms with Gasteiger partial charge in [0.15, 0.2) is 0 Å². The molecule has 0 aromatic heterocycles. The number of benzene rings is 3. The van der Waals surface area contributed by atoms with Crippen molar-refractivity contribution in [1.82, 2.24) is 4.90 Å². The van der Waals surface area contributed by atoms with E-state index in [0.29, 0.717) is 30.9 Å². The molecule has 1 amide bonds. The Balaban J connectivity index is 1.48. The van der Waals surface area contributed by atoms with Crippen molar-refractivity contribution < 1.29 is 17.9 Å². The molecule has 202 valence electrons. The normalized spacial score (nSPS) is 14.2. The van der Waals surface area contributed by atoms with Crippen molar-refractivity contribution in [1.29, 1.82) is 0 Å². The Morgan fingerprint density at radius 1 is 0.974 bits per heavy atom. The molecule has 1 heterocycles. The fourth-order valence-electron chi connectivity index (χ4n) is 4.76. The summed E-state index contributed by atoms with van der Waals surface area (Å²) in [5, 5.41) is 0. The van der Waals surface area contributed by atoms with Gasteiger partial charge in [-0.15, -0.1) is 0 Å². The number of amides is 1. The van der Waals surface area contributed by atoms with Crippen molar-refractivity contribution in [3.63, 3.8) is 0 Å². The number of nitrogens with zero attached hydrogens (tertiary/aromatic N) is 2. The van der Waals surface area contributed by atoms with Crippen LogP contribution in [0, 0.1) is 6.92 Å². The summed E-state index contributed by atoms with van der Waals surface area (Å²) >= 11 is 0. The van der Waals surface area contributed by atoms with Crippen LogP contribution in [-0.4, -0.2) is 52.5 Å². The lowest BCUT2D eigenvalue weighted by molar-refractivity contribution is 0.0766. The minimum Gasteiger partial charge on any atom is -0.495 e. The molecule has 3 aromatic carbocycles. The van der Waals surface area contributed by atoms with Gasteiger partial charge in [0.05, 0.1) is 17.7 Å². The van der Waals surface area contributed by atoms with Crippen LogP contribution in [0.3, 0.4) is 0 Å². The van der Waals surface area contributed by atoms with E-state index in [9.17, 15) is 13.2 Å². The van der Waals surface area contributed by atoms with E-state index in [1.165, 1.54) is 11.6 Å². The van der Waals surface area contributed by atoms with Gasteiger partial charge in [0.2, 0.25) is 0 Å². The highest BCUT2D eigenvalue weighted by atomic mass is 32.2. The molecule has 3 aromatic rings. The van der Waals surface area contributed by atoms with Crippen LogP contribution in [-0.2, 0) is 16.4 Å². The average Bonchev–Trinajstić information content (AvgIpc) is 3.18. The predicted molar refractivity (Wildman–Crippen MR) is 153 cm³/mol. The molecule has 0 saturated carbocycles. The van der Waals surface area contributed by atoms with E-state index in [0.717, 1.165) is 49.2 Å². The summed E-state index contributed by atoms with van der Waals surface area (Å²) in [5.41, 5.74) is 3.86. The standard InChI is InChI=1S/C30H37N3O4S/c1-4-5-9-24-13-15-25(16-14-24)31-38(35,36)26-17-12-23(2)27(22-26)30(34)33-19-8-18-32(20-21-33)28-10-6-7-11-29(28)37-3/h6-7,10-17,22,31H,4-5,8-9,18-21H2,1-3H3. The summed E-state index contributed by atoms with van der Waals surface area (Å²) in [7, 11) is -2.19. The Labute approximate surface area is 226 Å². The van der Waals surface area contributed by atoms with Crippen LogP contribution in [0.25, 0.3) is 0 Å². The SMILES string of the molecule is CCCCc1ccc(NS(=O)(=O)c2ccc(C)c(C(=O)N3CCCN(c4ccccc4OC)CC3)c2)cc1. The van der Waals surface area contributed by atoms with Crippen molar-refractivity contribution in [3.8, 4) is 5.75 Å². The fourth-order valence-corrected chi connectivity index (χ4v) is 5.84. The zero-order valence-electron chi connectivity index (χ0n) is 22.4. The topological polar surface area (TPSA) is 79.0 Å². The Morgan fingerprint density at radius 2 is 1.74 bits per heavy atom. The monoisotopic (exact) mass is 535 g/mol. The molecule has 1 fully saturated rings. The maximum Gasteiger partial charge on any atom is 0.261 e. The molecule has 0 radical (unpaired) electrons. The average molecular weight is 536 g/mol.